The number of rotatable bonds is 5. The van der Waals surface area contributed by atoms with E-state index < -0.39 is 40.8 Å². The molecule has 35 heavy (non-hydrogen) atoms. The molecule has 1 aromatic heterocycles. The summed E-state index contributed by atoms with van der Waals surface area (Å²) in [5.74, 6) is -3.83. The highest BCUT2D eigenvalue weighted by Crippen LogP contribution is 2.34. The van der Waals surface area contributed by atoms with Gasteiger partial charge in [-0.1, -0.05) is 12.1 Å². The molecule has 3 aromatic rings. The van der Waals surface area contributed by atoms with Crippen LogP contribution in [0.3, 0.4) is 0 Å². The summed E-state index contributed by atoms with van der Waals surface area (Å²) in [5.41, 5.74) is -1.41. The molecule has 9 heteroatoms. The van der Waals surface area contributed by atoms with E-state index in [1.165, 1.54) is 24.3 Å². The first-order chi connectivity index (χ1) is 16.4. The number of esters is 1. The maximum atomic E-state index is 14.9. The summed E-state index contributed by atoms with van der Waals surface area (Å²) in [6.45, 7) is 8.12. The zero-order valence-electron chi connectivity index (χ0n) is 20.0. The summed E-state index contributed by atoms with van der Waals surface area (Å²) >= 11 is 0. The SMILES string of the molecule is CCOC(=O)c1ccc(N(C(=O)OC(C)(C)C)c2c(F)cccc2F)nc1-c1ccc(C)cc1F. The number of ether oxygens (including phenoxy) is 2. The Kier molecular flexibility index (Phi) is 7.48. The smallest absolute Gasteiger partial charge is 0.420 e. The van der Waals surface area contributed by atoms with Crippen molar-refractivity contribution in [1.29, 1.82) is 0 Å². The Hall–Kier alpha value is -3.88. The lowest BCUT2D eigenvalue weighted by atomic mass is 10.0. The lowest BCUT2D eigenvalue weighted by Crippen LogP contribution is -2.35. The Morgan fingerprint density at radius 1 is 0.971 bits per heavy atom. The predicted molar refractivity (Wildman–Crippen MR) is 125 cm³/mol. The van der Waals surface area contributed by atoms with E-state index >= 15 is 0 Å². The van der Waals surface area contributed by atoms with Gasteiger partial charge in [0.2, 0.25) is 0 Å². The summed E-state index contributed by atoms with van der Waals surface area (Å²) in [6, 6.07) is 9.84. The third kappa shape index (κ3) is 5.79. The zero-order valence-corrected chi connectivity index (χ0v) is 20.0. The van der Waals surface area contributed by atoms with Gasteiger partial charge in [0.25, 0.3) is 0 Å². The number of hydrogen-bond acceptors (Lipinski definition) is 5. The van der Waals surface area contributed by atoms with E-state index in [-0.39, 0.29) is 29.2 Å². The Bertz CT molecular complexity index is 1250. The minimum Gasteiger partial charge on any atom is -0.462 e. The van der Waals surface area contributed by atoms with E-state index in [1.807, 2.05) is 0 Å². The molecule has 0 aliphatic heterocycles. The number of para-hydroxylation sites is 1. The molecule has 1 amide bonds. The second-order valence-corrected chi connectivity index (χ2v) is 8.66. The molecule has 2 aromatic carbocycles. The zero-order chi connectivity index (χ0) is 25.9. The van der Waals surface area contributed by atoms with Crippen molar-refractivity contribution in [1.82, 2.24) is 4.98 Å². The van der Waals surface area contributed by atoms with Crippen LogP contribution in [0.1, 0.15) is 43.6 Å². The number of carbonyl (C=O) groups excluding carboxylic acids is 2. The molecular weight excluding hydrogens is 461 g/mol. The van der Waals surface area contributed by atoms with Crippen molar-refractivity contribution in [3.8, 4) is 11.3 Å². The van der Waals surface area contributed by atoms with Crippen molar-refractivity contribution in [3.05, 3.63) is 77.1 Å². The van der Waals surface area contributed by atoms with E-state index in [2.05, 4.69) is 4.98 Å². The quantitative estimate of drug-likeness (QED) is 0.374. The molecule has 0 bridgehead atoms. The van der Waals surface area contributed by atoms with Gasteiger partial charge in [0.1, 0.15) is 34.6 Å². The number of benzene rings is 2. The van der Waals surface area contributed by atoms with Crippen LogP contribution in [-0.2, 0) is 9.47 Å². The molecule has 0 saturated carbocycles. The van der Waals surface area contributed by atoms with E-state index in [0.29, 0.717) is 10.5 Å². The van der Waals surface area contributed by atoms with Gasteiger partial charge in [-0.25, -0.2) is 32.6 Å². The van der Waals surface area contributed by atoms with Gasteiger partial charge in [0.15, 0.2) is 0 Å². The van der Waals surface area contributed by atoms with Gasteiger partial charge in [-0.05, 0) is 76.6 Å². The molecular formula is C26H25F3N2O4. The number of nitrogens with zero attached hydrogens (tertiary/aromatic N) is 2. The number of pyridine rings is 1. The topological polar surface area (TPSA) is 68.7 Å². The average molecular weight is 486 g/mol. The second-order valence-electron chi connectivity index (χ2n) is 8.66. The third-order valence-electron chi connectivity index (χ3n) is 4.72. The Labute approximate surface area is 201 Å². The molecule has 0 unspecified atom stereocenters. The van der Waals surface area contributed by atoms with Crippen LogP contribution in [-0.4, -0.2) is 29.3 Å². The number of aromatic nitrogens is 1. The van der Waals surface area contributed by atoms with Gasteiger partial charge in [0, 0.05) is 5.56 Å². The molecule has 184 valence electrons. The Balaban J connectivity index is 2.29. The predicted octanol–water partition coefficient (Wildman–Crippen LogP) is 6.72. The number of aryl methyl sites for hydroxylation is 1. The average Bonchev–Trinajstić information content (AvgIpc) is 2.75. The van der Waals surface area contributed by atoms with Crippen molar-refractivity contribution in [3.63, 3.8) is 0 Å². The summed E-state index contributed by atoms with van der Waals surface area (Å²) in [4.78, 5) is 30.6. The van der Waals surface area contributed by atoms with Crippen molar-refractivity contribution >= 4 is 23.6 Å². The van der Waals surface area contributed by atoms with E-state index in [9.17, 15) is 22.8 Å². The van der Waals surface area contributed by atoms with E-state index in [0.717, 1.165) is 18.2 Å². The minimum atomic E-state index is -1.12. The van der Waals surface area contributed by atoms with Crippen molar-refractivity contribution in [2.45, 2.75) is 40.2 Å². The normalized spacial score (nSPS) is 11.2. The van der Waals surface area contributed by atoms with E-state index in [1.54, 1.807) is 40.7 Å². The molecule has 1 heterocycles. The van der Waals surface area contributed by atoms with Crippen LogP contribution < -0.4 is 4.90 Å². The highest BCUT2D eigenvalue weighted by molar-refractivity contribution is 5.99. The van der Waals surface area contributed by atoms with Crippen LogP contribution in [0.4, 0.5) is 29.5 Å². The van der Waals surface area contributed by atoms with Crippen molar-refractivity contribution < 1.29 is 32.2 Å². The molecule has 0 aliphatic carbocycles. The summed E-state index contributed by atoms with van der Waals surface area (Å²) in [7, 11) is 0. The number of halogens is 3. The molecule has 0 atom stereocenters. The monoisotopic (exact) mass is 486 g/mol. The van der Waals surface area contributed by atoms with Crippen LogP contribution >= 0.6 is 0 Å². The summed E-state index contributed by atoms with van der Waals surface area (Å²) < 4.78 is 54.9. The number of hydrogen-bond donors (Lipinski definition) is 0. The van der Waals surface area contributed by atoms with Crippen molar-refractivity contribution in [2.24, 2.45) is 0 Å². The lowest BCUT2D eigenvalue weighted by Gasteiger charge is -2.27. The van der Waals surface area contributed by atoms with E-state index in [4.69, 9.17) is 9.47 Å². The number of anilines is 2. The molecule has 6 nitrogen and oxygen atoms in total. The molecule has 0 radical (unpaired) electrons. The standard InChI is InChI=1S/C26H25F3N2O4/c1-6-34-24(32)17-12-13-21(30-22(17)16-11-10-15(2)14-20(16)29)31(25(33)35-26(3,4)5)23-18(27)8-7-9-19(23)28/h7-14H,6H2,1-5H3. The van der Waals surface area contributed by atoms with Gasteiger partial charge in [-0.3, -0.25) is 0 Å². The van der Waals surface area contributed by atoms with Gasteiger partial charge in [-0.2, -0.15) is 0 Å². The van der Waals surface area contributed by atoms with Crippen LogP contribution in [0.15, 0.2) is 48.5 Å². The lowest BCUT2D eigenvalue weighted by molar-refractivity contribution is 0.0526. The van der Waals surface area contributed by atoms with Gasteiger partial charge in [-0.15, -0.1) is 0 Å². The minimum absolute atomic E-state index is 0.0564. The highest BCUT2D eigenvalue weighted by Gasteiger charge is 2.31. The first kappa shape index (κ1) is 25.7. The summed E-state index contributed by atoms with van der Waals surface area (Å²) in [6.07, 6.45) is -1.12. The van der Waals surface area contributed by atoms with Crippen molar-refractivity contribution in [2.75, 3.05) is 11.5 Å². The maximum Gasteiger partial charge on any atom is 0.420 e. The van der Waals surface area contributed by atoms with Crippen LogP contribution in [0.2, 0.25) is 0 Å². The Morgan fingerprint density at radius 2 is 1.63 bits per heavy atom. The molecule has 0 saturated heterocycles. The maximum absolute atomic E-state index is 14.9. The highest BCUT2D eigenvalue weighted by atomic mass is 19.1. The molecule has 0 spiro atoms. The number of amides is 1. The first-order valence-electron chi connectivity index (χ1n) is 10.8. The van der Waals surface area contributed by atoms with Crippen LogP contribution in [0, 0.1) is 24.4 Å². The second kappa shape index (κ2) is 10.2. The van der Waals surface area contributed by atoms with Crippen LogP contribution in [0.5, 0.6) is 0 Å². The fourth-order valence-corrected chi connectivity index (χ4v) is 3.27. The number of carbonyl (C=O) groups is 2. The third-order valence-corrected chi connectivity index (χ3v) is 4.72. The molecule has 0 aliphatic rings. The van der Waals surface area contributed by atoms with Gasteiger partial charge in [0.05, 0.1) is 17.9 Å². The first-order valence-corrected chi connectivity index (χ1v) is 10.8. The fraction of sp³-hybridized carbons (Fsp3) is 0.269. The fourth-order valence-electron chi connectivity index (χ4n) is 3.27. The van der Waals surface area contributed by atoms with Gasteiger partial charge < -0.3 is 9.47 Å². The van der Waals surface area contributed by atoms with Gasteiger partial charge >= 0.3 is 12.1 Å². The molecule has 0 fully saturated rings. The summed E-state index contributed by atoms with van der Waals surface area (Å²) in [5, 5.41) is 0. The molecule has 3 rings (SSSR count). The molecule has 0 N–H and O–H groups in total. The Morgan fingerprint density at radius 3 is 2.20 bits per heavy atom. The largest absolute Gasteiger partial charge is 0.462 e. The van der Waals surface area contributed by atoms with Crippen LogP contribution in [0.25, 0.3) is 11.3 Å².